The van der Waals surface area contributed by atoms with Crippen molar-refractivity contribution in [2.24, 2.45) is 7.05 Å². The van der Waals surface area contributed by atoms with E-state index in [1.165, 1.54) is 12.5 Å². The highest BCUT2D eigenvalue weighted by molar-refractivity contribution is 6.02. The smallest absolute Gasteiger partial charge is 0.291 e. The van der Waals surface area contributed by atoms with Crippen LogP contribution in [0.1, 0.15) is 26.5 Å². The fraction of sp³-hybridized carbons (Fsp3) is 0.118. The molecule has 0 saturated heterocycles. The lowest BCUT2D eigenvalue weighted by Gasteiger charge is -2.06. The average Bonchev–Trinajstić information content (AvgIpc) is 3.25. The number of anilines is 1. The maximum Gasteiger partial charge on any atom is 0.291 e. The van der Waals surface area contributed by atoms with E-state index in [1.54, 1.807) is 42.2 Å². The van der Waals surface area contributed by atoms with Crippen LogP contribution in [0.5, 0.6) is 0 Å². The Morgan fingerprint density at radius 1 is 1.17 bits per heavy atom. The largest absolute Gasteiger partial charge is 0.459 e. The van der Waals surface area contributed by atoms with Crippen LogP contribution in [0.25, 0.3) is 0 Å². The van der Waals surface area contributed by atoms with E-state index in [2.05, 4.69) is 15.7 Å². The summed E-state index contributed by atoms with van der Waals surface area (Å²) in [6.07, 6.45) is 4.62. The number of hydrogen-bond acceptors (Lipinski definition) is 4. The van der Waals surface area contributed by atoms with E-state index in [-0.39, 0.29) is 17.6 Å². The van der Waals surface area contributed by atoms with E-state index in [9.17, 15) is 9.59 Å². The summed E-state index contributed by atoms with van der Waals surface area (Å²) in [6, 6.07) is 10.5. The van der Waals surface area contributed by atoms with Gasteiger partial charge in [0.25, 0.3) is 11.8 Å². The highest BCUT2D eigenvalue weighted by Crippen LogP contribution is 2.12. The monoisotopic (exact) mass is 324 g/mol. The van der Waals surface area contributed by atoms with Crippen molar-refractivity contribution in [1.82, 2.24) is 15.1 Å². The Balaban J connectivity index is 1.54. The molecule has 0 atom stereocenters. The molecular formula is C17H16N4O3. The lowest BCUT2D eigenvalue weighted by atomic mass is 10.2. The highest BCUT2D eigenvalue weighted by atomic mass is 16.3. The maximum atomic E-state index is 11.9. The van der Waals surface area contributed by atoms with E-state index in [1.807, 2.05) is 12.1 Å². The zero-order valence-electron chi connectivity index (χ0n) is 13.0. The minimum Gasteiger partial charge on any atom is -0.459 e. The van der Waals surface area contributed by atoms with Crippen LogP contribution in [0, 0.1) is 0 Å². The standard InChI is InChI=1S/C17H16N4O3/c1-21-11-13(10-19-21)16(22)18-9-12-4-6-14(7-5-12)20-17(23)15-3-2-8-24-15/h2-8,10-11H,9H2,1H3,(H,18,22)(H,20,23). The summed E-state index contributed by atoms with van der Waals surface area (Å²) >= 11 is 0. The molecule has 0 aliphatic rings. The number of benzene rings is 1. The molecule has 0 aliphatic carbocycles. The van der Waals surface area contributed by atoms with Crippen LogP contribution in [0.15, 0.2) is 59.5 Å². The number of aromatic nitrogens is 2. The Morgan fingerprint density at radius 3 is 2.58 bits per heavy atom. The van der Waals surface area contributed by atoms with E-state index < -0.39 is 0 Å². The molecule has 0 saturated carbocycles. The van der Waals surface area contributed by atoms with Gasteiger partial charge < -0.3 is 15.1 Å². The van der Waals surface area contributed by atoms with Crippen molar-refractivity contribution in [3.63, 3.8) is 0 Å². The molecule has 7 nitrogen and oxygen atoms in total. The third-order valence-electron chi connectivity index (χ3n) is 3.38. The number of amides is 2. The molecule has 0 radical (unpaired) electrons. The predicted octanol–water partition coefficient (Wildman–Crippen LogP) is 2.20. The first-order chi connectivity index (χ1) is 11.6. The van der Waals surface area contributed by atoms with E-state index in [0.29, 0.717) is 17.8 Å². The second-order valence-corrected chi connectivity index (χ2v) is 5.21. The van der Waals surface area contributed by atoms with Crippen LogP contribution < -0.4 is 10.6 Å². The Morgan fingerprint density at radius 2 is 1.96 bits per heavy atom. The van der Waals surface area contributed by atoms with Crippen molar-refractivity contribution in [1.29, 1.82) is 0 Å². The summed E-state index contributed by atoms with van der Waals surface area (Å²) in [6.45, 7) is 0.389. The van der Waals surface area contributed by atoms with Gasteiger partial charge in [-0.1, -0.05) is 12.1 Å². The normalized spacial score (nSPS) is 10.4. The summed E-state index contributed by atoms with van der Waals surface area (Å²) in [5.74, 6) is -0.237. The molecule has 0 unspecified atom stereocenters. The lowest BCUT2D eigenvalue weighted by Crippen LogP contribution is -2.22. The number of nitrogens with zero attached hydrogens (tertiary/aromatic N) is 2. The predicted molar refractivity (Wildman–Crippen MR) is 87.5 cm³/mol. The number of furan rings is 1. The molecule has 24 heavy (non-hydrogen) atoms. The topological polar surface area (TPSA) is 89.2 Å². The highest BCUT2D eigenvalue weighted by Gasteiger charge is 2.09. The first-order valence-corrected chi connectivity index (χ1v) is 7.32. The van der Waals surface area contributed by atoms with E-state index >= 15 is 0 Å². The van der Waals surface area contributed by atoms with E-state index in [4.69, 9.17) is 4.42 Å². The quantitative estimate of drug-likeness (QED) is 0.753. The first kappa shape index (κ1) is 15.5. The van der Waals surface area contributed by atoms with Gasteiger partial charge in [0.05, 0.1) is 18.0 Å². The second-order valence-electron chi connectivity index (χ2n) is 5.21. The van der Waals surface area contributed by atoms with Crippen molar-refractivity contribution >= 4 is 17.5 Å². The maximum absolute atomic E-state index is 11.9. The van der Waals surface area contributed by atoms with Crippen LogP contribution in [0.2, 0.25) is 0 Å². The SMILES string of the molecule is Cn1cc(C(=O)NCc2ccc(NC(=O)c3ccco3)cc2)cn1. The van der Waals surface area contributed by atoms with Crippen LogP contribution in [-0.4, -0.2) is 21.6 Å². The van der Waals surface area contributed by atoms with Crippen molar-refractivity contribution in [2.45, 2.75) is 6.54 Å². The van der Waals surface area contributed by atoms with Gasteiger partial charge in [-0.2, -0.15) is 5.10 Å². The van der Waals surface area contributed by atoms with Gasteiger partial charge in [0.2, 0.25) is 0 Å². The Kier molecular flexibility index (Phi) is 4.42. The molecule has 2 amide bonds. The summed E-state index contributed by atoms with van der Waals surface area (Å²) in [5, 5.41) is 9.51. The van der Waals surface area contributed by atoms with Crippen LogP contribution in [0.4, 0.5) is 5.69 Å². The van der Waals surface area contributed by atoms with Crippen molar-refractivity contribution < 1.29 is 14.0 Å². The van der Waals surface area contributed by atoms with Crippen molar-refractivity contribution in [2.75, 3.05) is 5.32 Å². The van der Waals surface area contributed by atoms with Gasteiger partial charge in [0, 0.05) is 25.5 Å². The summed E-state index contributed by atoms with van der Waals surface area (Å²) < 4.78 is 6.61. The van der Waals surface area contributed by atoms with Gasteiger partial charge in [-0.25, -0.2) is 0 Å². The van der Waals surface area contributed by atoms with Crippen LogP contribution >= 0.6 is 0 Å². The van der Waals surface area contributed by atoms with Crippen LogP contribution in [0.3, 0.4) is 0 Å². The molecule has 0 spiro atoms. The Labute approximate surface area is 138 Å². The van der Waals surface area contributed by atoms with Gasteiger partial charge in [0.1, 0.15) is 0 Å². The fourth-order valence-electron chi connectivity index (χ4n) is 2.13. The molecular weight excluding hydrogens is 308 g/mol. The number of nitrogens with one attached hydrogen (secondary N) is 2. The number of carbonyl (C=O) groups excluding carboxylic acids is 2. The molecule has 1 aromatic carbocycles. The average molecular weight is 324 g/mol. The van der Waals surface area contributed by atoms with Gasteiger partial charge >= 0.3 is 0 Å². The Bertz CT molecular complexity index is 835. The molecule has 3 rings (SSSR count). The number of aryl methyl sites for hydroxylation is 1. The molecule has 2 aromatic heterocycles. The molecule has 122 valence electrons. The third-order valence-corrected chi connectivity index (χ3v) is 3.38. The summed E-state index contributed by atoms with van der Waals surface area (Å²) in [7, 11) is 1.76. The number of carbonyl (C=O) groups is 2. The molecule has 0 fully saturated rings. The molecule has 2 N–H and O–H groups in total. The molecule has 0 aliphatic heterocycles. The van der Waals surface area contributed by atoms with Gasteiger partial charge in [-0.15, -0.1) is 0 Å². The number of rotatable bonds is 5. The minimum absolute atomic E-state index is 0.182. The van der Waals surface area contributed by atoms with Gasteiger partial charge in [0.15, 0.2) is 5.76 Å². The molecule has 2 heterocycles. The number of hydrogen-bond donors (Lipinski definition) is 2. The zero-order valence-corrected chi connectivity index (χ0v) is 13.0. The lowest BCUT2D eigenvalue weighted by molar-refractivity contribution is 0.0949. The van der Waals surface area contributed by atoms with Crippen molar-refractivity contribution in [3.8, 4) is 0 Å². The zero-order chi connectivity index (χ0) is 16.9. The molecule has 0 bridgehead atoms. The molecule has 3 aromatic rings. The third kappa shape index (κ3) is 3.70. The first-order valence-electron chi connectivity index (χ1n) is 7.32. The summed E-state index contributed by atoms with van der Waals surface area (Å²) in [4.78, 5) is 23.8. The van der Waals surface area contributed by atoms with E-state index in [0.717, 1.165) is 5.56 Å². The molecule has 7 heteroatoms. The summed E-state index contributed by atoms with van der Waals surface area (Å²) in [5.41, 5.74) is 2.09. The van der Waals surface area contributed by atoms with Gasteiger partial charge in [-0.05, 0) is 29.8 Å². The minimum atomic E-state index is -0.308. The Hall–Kier alpha value is -3.35. The van der Waals surface area contributed by atoms with Crippen LogP contribution in [-0.2, 0) is 13.6 Å². The van der Waals surface area contributed by atoms with Crippen molar-refractivity contribution in [3.05, 3.63) is 71.9 Å². The fourth-order valence-corrected chi connectivity index (χ4v) is 2.13. The van der Waals surface area contributed by atoms with Gasteiger partial charge in [-0.3, -0.25) is 14.3 Å². The second kappa shape index (κ2) is 6.82.